The van der Waals surface area contributed by atoms with Crippen molar-refractivity contribution in [3.05, 3.63) is 6.67 Å². The summed E-state index contributed by atoms with van der Waals surface area (Å²) in [6, 6.07) is 0. The molecule has 0 aromatic rings. The molecule has 37 valence electrons. The maximum atomic E-state index is 11.0. The predicted octanol–water partition coefficient (Wildman–Crippen LogP) is 1.87. The van der Waals surface area contributed by atoms with Crippen molar-refractivity contribution in [3.8, 4) is 0 Å². The van der Waals surface area contributed by atoms with Gasteiger partial charge in [-0.25, -0.2) is 4.39 Å². The van der Waals surface area contributed by atoms with Gasteiger partial charge >= 0.3 is 0 Å². The molecule has 0 aliphatic heterocycles. The second-order valence-corrected chi connectivity index (χ2v) is 0.986. The Labute approximate surface area is 36.2 Å². The van der Waals surface area contributed by atoms with Crippen LogP contribution in [-0.2, 0) is 0 Å². The molecule has 0 saturated carbocycles. The van der Waals surface area contributed by atoms with E-state index in [1.165, 1.54) is 0 Å². The number of hydrogen-bond donors (Lipinski definition) is 0. The van der Waals surface area contributed by atoms with Gasteiger partial charge in [-0.15, -0.1) is 0 Å². The van der Waals surface area contributed by atoms with Crippen molar-refractivity contribution < 1.29 is 8.78 Å². The van der Waals surface area contributed by atoms with Crippen molar-refractivity contribution in [1.82, 2.24) is 0 Å². The topological polar surface area (TPSA) is 0 Å². The lowest BCUT2D eigenvalue weighted by molar-refractivity contribution is 0.449. The fourth-order valence-electron chi connectivity index (χ4n) is 0.154. The quantitative estimate of drug-likeness (QED) is 0.467. The van der Waals surface area contributed by atoms with E-state index in [1.54, 1.807) is 0 Å². The molecule has 0 atom stereocenters. The normalized spacial score (nSPS) is 9.00. The molecule has 0 spiro atoms. The molecule has 0 heterocycles. The maximum absolute atomic E-state index is 11.0. The summed E-state index contributed by atoms with van der Waals surface area (Å²) in [6.07, 6.45) is 0.562. The molecule has 0 nitrogen and oxygen atoms in total. The SMILES string of the molecule is F[CH]CCCF. The Morgan fingerprint density at radius 1 is 1.50 bits per heavy atom. The van der Waals surface area contributed by atoms with Crippen LogP contribution in [0.4, 0.5) is 8.78 Å². The summed E-state index contributed by atoms with van der Waals surface area (Å²) < 4.78 is 21.9. The van der Waals surface area contributed by atoms with Gasteiger partial charge in [-0.3, -0.25) is 4.39 Å². The highest BCUT2D eigenvalue weighted by atomic mass is 19.1. The fourth-order valence-corrected chi connectivity index (χ4v) is 0.154. The molecule has 0 saturated heterocycles. The number of alkyl halides is 1. The third-order valence-corrected chi connectivity index (χ3v) is 0.447. The van der Waals surface area contributed by atoms with Crippen LogP contribution < -0.4 is 0 Å². The van der Waals surface area contributed by atoms with Gasteiger partial charge in [0.15, 0.2) is 0 Å². The molecular weight excluding hydrogens is 86.0 g/mol. The third kappa shape index (κ3) is 3.86. The van der Waals surface area contributed by atoms with E-state index in [-0.39, 0.29) is 6.42 Å². The fraction of sp³-hybridized carbons (Fsp3) is 0.750. The second kappa shape index (κ2) is 4.86. The van der Waals surface area contributed by atoms with Crippen LogP contribution in [-0.4, -0.2) is 6.67 Å². The van der Waals surface area contributed by atoms with Crippen molar-refractivity contribution in [1.29, 1.82) is 0 Å². The van der Waals surface area contributed by atoms with Crippen molar-refractivity contribution in [2.24, 2.45) is 0 Å². The van der Waals surface area contributed by atoms with Crippen molar-refractivity contribution in [2.45, 2.75) is 12.8 Å². The molecule has 1 radical (unpaired) electrons. The predicted molar refractivity (Wildman–Crippen MR) is 20.6 cm³/mol. The summed E-state index contributed by atoms with van der Waals surface area (Å²) in [6.45, 7) is 0.0556. The first-order valence-corrected chi connectivity index (χ1v) is 1.89. The molecule has 0 rings (SSSR count). The first-order chi connectivity index (χ1) is 2.91. The molecule has 0 bridgehead atoms. The first-order valence-electron chi connectivity index (χ1n) is 1.89. The Balaban J connectivity index is 2.34. The van der Waals surface area contributed by atoms with E-state index in [1.807, 2.05) is 0 Å². The van der Waals surface area contributed by atoms with Crippen molar-refractivity contribution >= 4 is 0 Å². The Kier molecular flexibility index (Phi) is 4.75. The number of rotatable bonds is 3. The van der Waals surface area contributed by atoms with E-state index in [0.717, 1.165) is 0 Å². The van der Waals surface area contributed by atoms with Crippen molar-refractivity contribution in [3.63, 3.8) is 0 Å². The molecule has 0 fully saturated rings. The highest BCUT2D eigenvalue weighted by molar-refractivity contribution is 4.44. The maximum Gasteiger partial charge on any atom is 0.131 e. The molecule has 0 aromatic carbocycles. The minimum Gasteiger partial charge on any atom is -0.251 e. The van der Waals surface area contributed by atoms with Crippen LogP contribution in [0.5, 0.6) is 0 Å². The largest absolute Gasteiger partial charge is 0.251 e. The monoisotopic (exact) mass is 93.1 g/mol. The zero-order valence-electron chi connectivity index (χ0n) is 3.45. The number of halogens is 2. The van der Waals surface area contributed by atoms with E-state index in [4.69, 9.17) is 0 Å². The lowest BCUT2D eigenvalue weighted by Crippen LogP contribution is -1.72. The summed E-state index contributed by atoms with van der Waals surface area (Å²) in [4.78, 5) is 0. The summed E-state index contributed by atoms with van der Waals surface area (Å²) in [5, 5.41) is 0. The highest BCUT2D eigenvalue weighted by Gasteiger charge is 1.81. The standard InChI is InChI=1S/C4H7F2/c5-3-1-2-4-6/h3H,1-2,4H2. The zero-order chi connectivity index (χ0) is 4.83. The molecule has 2 heteroatoms. The number of unbranched alkanes of at least 4 members (excludes halogenated alkanes) is 1. The minimum absolute atomic E-state index is 0.247. The van der Waals surface area contributed by atoms with Gasteiger partial charge < -0.3 is 0 Å². The molecule has 0 aliphatic carbocycles. The Morgan fingerprint density at radius 3 is 2.33 bits per heavy atom. The Hall–Kier alpha value is -0.140. The van der Waals surface area contributed by atoms with Gasteiger partial charge in [0.25, 0.3) is 0 Å². The zero-order valence-corrected chi connectivity index (χ0v) is 3.45. The molecular formula is C4H7F2. The molecule has 0 unspecified atom stereocenters. The van der Waals surface area contributed by atoms with Crippen LogP contribution in [0.1, 0.15) is 12.8 Å². The third-order valence-electron chi connectivity index (χ3n) is 0.447. The van der Waals surface area contributed by atoms with Crippen LogP contribution in [0.25, 0.3) is 0 Å². The van der Waals surface area contributed by atoms with E-state index in [2.05, 4.69) is 0 Å². The van der Waals surface area contributed by atoms with E-state index < -0.39 is 6.67 Å². The van der Waals surface area contributed by atoms with Gasteiger partial charge in [0.2, 0.25) is 0 Å². The average Bonchev–Trinajstić information content (AvgIpc) is 1.61. The first kappa shape index (κ1) is 5.86. The average molecular weight is 93.1 g/mol. The van der Waals surface area contributed by atoms with Gasteiger partial charge in [0.05, 0.1) is 6.67 Å². The van der Waals surface area contributed by atoms with Gasteiger partial charge in [-0.05, 0) is 12.8 Å². The van der Waals surface area contributed by atoms with Crippen LogP contribution in [0.2, 0.25) is 0 Å². The van der Waals surface area contributed by atoms with Crippen LogP contribution in [0.15, 0.2) is 0 Å². The Bertz CT molecular complexity index is 17.5. The van der Waals surface area contributed by atoms with Crippen LogP contribution in [0.3, 0.4) is 0 Å². The summed E-state index contributed by atoms with van der Waals surface area (Å²) >= 11 is 0. The second-order valence-electron chi connectivity index (χ2n) is 0.986. The van der Waals surface area contributed by atoms with Gasteiger partial charge in [0, 0.05) is 0 Å². The highest BCUT2D eigenvalue weighted by Crippen LogP contribution is 1.92. The van der Waals surface area contributed by atoms with E-state index in [0.29, 0.717) is 13.1 Å². The molecule has 0 aliphatic rings. The molecule has 0 amide bonds. The minimum atomic E-state index is -0.416. The summed E-state index contributed by atoms with van der Waals surface area (Å²) in [5.41, 5.74) is 0. The molecule has 0 aromatic heterocycles. The van der Waals surface area contributed by atoms with Crippen LogP contribution in [0, 0.1) is 6.67 Å². The lowest BCUT2D eigenvalue weighted by atomic mass is 10.4. The number of hydrogen-bond acceptors (Lipinski definition) is 0. The molecule has 6 heavy (non-hydrogen) atoms. The summed E-state index contributed by atoms with van der Waals surface area (Å²) in [7, 11) is 0. The lowest BCUT2D eigenvalue weighted by Gasteiger charge is -1.80. The smallest absolute Gasteiger partial charge is 0.131 e. The van der Waals surface area contributed by atoms with E-state index in [9.17, 15) is 8.78 Å². The van der Waals surface area contributed by atoms with Crippen LogP contribution >= 0.6 is 0 Å². The summed E-state index contributed by atoms with van der Waals surface area (Å²) in [5.74, 6) is 0. The molecule has 0 N–H and O–H groups in total. The van der Waals surface area contributed by atoms with E-state index >= 15 is 0 Å². The Morgan fingerprint density at radius 2 is 2.17 bits per heavy atom. The van der Waals surface area contributed by atoms with Gasteiger partial charge in [-0.2, -0.15) is 0 Å². The van der Waals surface area contributed by atoms with Gasteiger partial charge in [-0.1, -0.05) is 0 Å². The van der Waals surface area contributed by atoms with Crippen molar-refractivity contribution in [2.75, 3.05) is 6.67 Å². The van der Waals surface area contributed by atoms with Gasteiger partial charge in [0.1, 0.15) is 6.67 Å².